The van der Waals surface area contributed by atoms with Gasteiger partial charge in [-0.1, -0.05) is 0 Å². The number of hydrogen-bond donors (Lipinski definition) is 1. The van der Waals surface area contributed by atoms with E-state index in [1.54, 1.807) is 31.2 Å². The van der Waals surface area contributed by atoms with Gasteiger partial charge in [0.15, 0.2) is 5.75 Å². The Morgan fingerprint density at radius 3 is 2.48 bits per heavy atom. The van der Waals surface area contributed by atoms with Crippen LogP contribution in [0.2, 0.25) is 0 Å². The fourth-order valence-corrected chi connectivity index (χ4v) is 1.70. The minimum Gasteiger partial charge on any atom is -0.504 e. The fraction of sp³-hybridized carbons (Fsp3) is 0.214. The topological polar surface area (TPSA) is 90.7 Å². The number of aromatic nitrogens is 2. The van der Waals surface area contributed by atoms with Crippen LogP contribution in [-0.4, -0.2) is 40.5 Å². The highest BCUT2D eigenvalue weighted by Crippen LogP contribution is 2.19. The predicted molar refractivity (Wildman–Crippen MR) is 72.5 cm³/mol. The van der Waals surface area contributed by atoms with Gasteiger partial charge in [0.2, 0.25) is 5.69 Å². The Kier molecular flexibility index (Phi) is 4.22. The SMILES string of the molecule is CCOC(=O)c1ccc(-n2cc(O)c(C(=O)OC)n2)cc1. The van der Waals surface area contributed by atoms with Crippen molar-refractivity contribution in [2.24, 2.45) is 0 Å². The quantitative estimate of drug-likeness (QED) is 0.859. The molecule has 1 aromatic carbocycles. The lowest BCUT2D eigenvalue weighted by Gasteiger charge is -2.04. The Morgan fingerprint density at radius 2 is 1.90 bits per heavy atom. The first-order chi connectivity index (χ1) is 10.1. The van der Waals surface area contributed by atoms with Crippen LogP contribution in [0, 0.1) is 0 Å². The van der Waals surface area contributed by atoms with E-state index in [0.717, 1.165) is 0 Å². The van der Waals surface area contributed by atoms with Crippen LogP contribution in [0.25, 0.3) is 5.69 Å². The van der Waals surface area contributed by atoms with Crippen molar-refractivity contribution in [2.75, 3.05) is 13.7 Å². The predicted octanol–water partition coefficient (Wildman–Crippen LogP) is 1.54. The minimum absolute atomic E-state index is 0.174. The van der Waals surface area contributed by atoms with Gasteiger partial charge in [0.05, 0.1) is 31.2 Å². The number of aromatic hydroxyl groups is 1. The molecule has 0 saturated heterocycles. The van der Waals surface area contributed by atoms with Crippen LogP contribution in [-0.2, 0) is 9.47 Å². The highest BCUT2D eigenvalue weighted by Gasteiger charge is 2.17. The molecule has 0 aliphatic rings. The summed E-state index contributed by atoms with van der Waals surface area (Å²) in [5, 5.41) is 13.6. The van der Waals surface area contributed by atoms with Gasteiger partial charge in [-0.15, -0.1) is 0 Å². The second-order valence-corrected chi connectivity index (χ2v) is 4.07. The van der Waals surface area contributed by atoms with Crippen LogP contribution >= 0.6 is 0 Å². The first-order valence-corrected chi connectivity index (χ1v) is 6.21. The largest absolute Gasteiger partial charge is 0.504 e. The van der Waals surface area contributed by atoms with Crippen LogP contribution in [0.5, 0.6) is 5.75 Å². The summed E-state index contributed by atoms with van der Waals surface area (Å²) in [5.41, 5.74) is 0.811. The van der Waals surface area contributed by atoms with Crippen molar-refractivity contribution in [3.63, 3.8) is 0 Å². The van der Waals surface area contributed by atoms with Crippen molar-refractivity contribution >= 4 is 11.9 Å². The van der Waals surface area contributed by atoms with Crippen LogP contribution in [0.4, 0.5) is 0 Å². The number of esters is 2. The molecule has 0 unspecified atom stereocenters. The van der Waals surface area contributed by atoms with Crippen molar-refractivity contribution in [1.82, 2.24) is 9.78 Å². The van der Waals surface area contributed by atoms with Crippen molar-refractivity contribution < 1.29 is 24.2 Å². The monoisotopic (exact) mass is 290 g/mol. The molecule has 21 heavy (non-hydrogen) atoms. The molecule has 1 N–H and O–H groups in total. The molecule has 0 fully saturated rings. The third-order valence-electron chi connectivity index (χ3n) is 2.72. The van der Waals surface area contributed by atoms with Crippen molar-refractivity contribution in [1.29, 1.82) is 0 Å². The maximum absolute atomic E-state index is 11.5. The molecule has 0 radical (unpaired) electrons. The number of benzene rings is 1. The molecule has 0 spiro atoms. The van der Waals surface area contributed by atoms with Crippen molar-refractivity contribution in [3.8, 4) is 11.4 Å². The van der Waals surface area contributed by atoms with Crippen LogP contribution in [0.1, 0.15) is 27.8 Å². The normalized spacial score (nSPS) is 10.2. The third-order valence-corrected chi connectivity index (χ3v) is 2.72. The van der Waals surface area contributed by atoms with E-state index in [4.69, 9.17) is 4.74 Å². The molecular formula is C14H14N2O5. The number of carbonyl (C=O) groups is 2. The van der Waals surface area contributed by atoms with Crippen molar-refractivity contribution in [3.05, 3.63) is 41.7 Å². The zero-order valence-electron chi connectivity index (χ0n) is 11.6. The summed E-state index contributed by atoms with van der Waals surface area (Å²) in [6.07, 6.45) is 1.28. The van der Waals surface area contributed by atoms with E-state index in [2.05, 4.69) is 9.84 Å². The Hall–Kier alpha value is -2.83. The van der Waals surface area contributed by atoms with Crippen molar-refractivity contribution in [2.45, 2.75) is 6.92 Å². The molecule has 1 aromatic heterocycles. The minimum atomic E-state index is -0.727. The summed E-state index contributed by atoms with van der Waals surface area (Å²) in [5.74, 6) is -1.42. The highest BCUT2D eigenvalue weighted by molar-refractivity contribution is 5.90. The Bertz CT molecular complexity index is 661. The maximum atomic E-state index is 11.5. The van der Waals surface area contributed by atoms with E-state index in [9.17, 15) is 14.7 Å². The average molecular weight is 290 g/mol. The van der Waals surface area contributed by atoms with Gasteiger partial charge in [0, 0.05) is 0 Å². The lowest BCUT2D eigenvalue weighted by Crippen LogP contribution is -2.06. The molecule has 2 aromatic rings. The molecular weight excluding hydrogens is 276 g/mol. The average Bonchev–Trinajstić information content (AvgIpc) is 2.89. The van der Waals surface area contributed by atoms with Crippen LogP contribution in [0.3, 0.4) is 0 Å². The summed E-state index contributed by atoms with van der Waals surface area (Å²) in [4.78, 5) is 22.9. The molecule has 1 heterocycles. The molecule has 0 amide bonds. The third kappa shape index (κ3) is 3.02. The van der Waals surface area contributed by atoms with Crippen LogP contribution < -0.4 is 0 Å². The zero-order valence-corrected chi connectivity index (χ0v) is 11.6. The van der Waals surface area contributed by atoms with E-state index in [-0.39, 0.29) is 11.4 Å². The highest BCUT2D eigenvalue weighted by atomic mass is 16.5. The van der Waals surface area contributed by atoms with Gasteiger partial charge in [-0.3, -0.25) is 0 Å². The molecule has 7 heteroatoms. The number of rotatable bonds is 4. The second kappa shape index (κ2) is 6.08. The number of hydrogen-bond acceptors (Lipinski definition) is 6. The molecule has 0 aliphatic carbocycles. The molecule has 0 bridgehead atoms. The summed E-state index contributed by atoms with van der Waals surface area (Å²) in [6, 6.07) is 6.40. The smallest absolute Gasteiger partial charge is 0.362 e. The Morgan fingerprint density at radius 1 is 1.24 bits per heavy atom. The zero-order chi connectivity index (χ0) is 15.4. The van der Waals surface area contributed by atoms with E-state index in [0.29, 0.717) is 17.9 Å². The number of ether oxygens (including phenoxy) is 2. The molecule has 7 nitrogen and oxygen atoms in total. The lowest BCUT2D eigenvalue weighted by molar-refractivity contribution is 0.0525. The lowest BCUT2D eigenvalue weighted by atomic mass is 10.2. The van der Waals surface area contributed by atoms with Gasteiger partial charge in [-0.25, -0.2) is 14.3 Å². The van der Waals surface area contributed by atoms with Crippen LogP contribution in [0.15, 0.2) is 30.5 Å². The van der Waals surface area contributed by atoms with E-state index >= 15 is 0 Å². The summed E-state index contributed by atoms with van der Waals surface area (Å²) in [7, 11) is 1.20. The molecule has 0 aliphatic heterocycles. The first-order valence-electron chi connectivity index (χ1n) is 6.21. The Labute approximate surface area is 120 Å². The maximum Gasteiger partial charge on any atom is 0.362 e. The molecule has 0 atom stereocenters. The van der Waals surface area contributed by atoms with E-state index in [1.165, 1.54) is 18.0 Å². The van der Waals surface area contributed by atoms with Gasteiger partial charge in [-0.2, -0.15) is 5.10 Å². The second-order valence-electron chi connectivity index (χ2n) is 4.07. The summed E-state index contributed by atoms with van der Waals surface area (Å²) in [6.45, 7) is 2.03. The van der Waals surface area contributed by atoms with E-state index < -0.39 is 11.9 Å². The molecule has 0 saturated carbocycles. The van der Waals surface area contributed by atoms with Gasteiger partial charge in [0.1, 0.15) is 0 Å². The summed E-state index contributed by atoms with van der Waals surface area (Å²) >= 11 is 0. The fourth-order valence-electron chi connectivity index (χ4n) is 1.70. The number of carbonyl (C=O) groups excluding carboxylic acids is 2. The standard InChI is InChI=1S/C14H14N2O5/c1-3-21-13(18)9-4-6-10(7-5-9)16-8-11(17)12(15-16)14(19)20-2/h4-8,17H,3H2,1-2H3. The van der Waals surface area contributed by atoms with Gasteiger partial charge >= 0.3 is 11.9 Å². The van der Waals surface area contributed by atoms with Gasteiger partial charge < -0.3 is 14.6 Å². The molecule has 2 rings (SSSR count). The van der Waals surface area contributed by atoms with Gasteiger partial charge in [-0.05, 0) is 31.2 Å². The molecule has 110 valence electrons. The van der Waals surface area contributed by atoms with Gasteiger partial charge in [0.25, 0.3) is 0 Å². The number of nitrogens with zero attached hydrogens (tertiary/aromatic N) is 2. The Balaban J connectivity index is 2.27. The summed E-state index contributed by atoms with van der Waals surface area (Å²) < 4.78 is 10.7. The first kappa shape index (κ1) is 14.6. The van der Waals surface area contributed by atoms with E-state index in [1.807, 2.05) is 0 Å². The number of methoxy groups -OCH3 is 1.